The molecule has 1 amide bonds. The fourth-order valence-electron chi connectivity index (χ4n) is 2.20. The average Bonchev–Trinajstić information content (AvgIpc) is 2.83. The molecule has 8 nitrogen and oxygen atoms in total. The normalized spacial score (nSPS) is 16.5. The first-order chi connectivity index (χ1) is 9.99. The molecule has 0 aromatic carbocycles. The lowest BCUT2D eigenvalue weighted by atomic mass is 10.2. The highest BCUT2D eigenvalue weighted by atomic mass is 16.2. The zero-order chi connectivity index (χ0) is 15.4. The molecule has 1 aromatic heterocycles. The third kappa shape index (κ3) is 3.80. The summed E-state index contributed by atoms with van der Waals surface area (Å²) in [6.07, 6.45) is 0.214. The van der Waals surface area contributed by atoms with Gasteiger partial charge in [0.25, 0.3) is 0 Å². The van der Waals surface area contributed by atoms with Crippen LogP contribution in [0.2, 0.25) is 0 Å². The molecular weight excluding hydrogens is 270 g/mol. The first-order valence-corrected chi connectivity index (χ1v) is 6.94. The average molecular weight is 291 g/mol. The summed E-state index contributed by atoms with van der Waals surface area (Å²) in [5.41, 5.74) is 6.74. The smallest absolute Gasteiger partial charge is 0.242 e. The molecule has 0 aliphatic carbocycles. The molecule has 114 valence electrons. The van der Waals surface area contributed by atoms with E-state index in [9.17, 15) is 4.79 Å². The summed E-state index contributed by atoms with van der Waals surface area (Å²) >= 11 is 0. The number of carbonyl (C=O) groups is 1. The van der Waals surface area contributed by atoms with Crippen LogP contribution in [-0.2, 0) is 4.79 Å². The second kappa shape index (κ2) is 6.38. The topological polar surface area (TPSA) is 114 Å². The molecule has 1 aliphatic heterocycles. The van der Waals surface area contributed by atoms with Crippen LogP contribution in [0.25, 0.3) is 0 Å². The molecule has 0 saturated carbocycles. The van der Waals surface area contributed by atoms with Crippen molar-refractivity contribution >= 4 is 23.4 Å². The summed E-state index contributed by atoms with van der Waals surface area (Å²) in [7, 11) is 0. The van der Waals surface area contributed by atoms with Gasteiger partial charge in [0.15, 0.2) is 5.82 Å². The van der Waals surface area contributed by atoms with E-state index in [0.717, 1.165) is 5.69 Å². The Bertz CT molecular complexity index is 563. The third-order valence-corrected chi connectivity index (χ3v) is 3.38. The number of nitrogens with one attached hydrogen (secondary N) is 2. The highest BCUT2D eigenvalue weighted by Gasteiger charge is 2.24. The Labute approximate surface area is 123 Å². The number of aromatic amines is 1. The van der Waals surface area contributed by atoms with Crippen molar-refractivity contribution < 1.29 is 4.79 Å². The summed E-state index contributed by atoms with van der Waals surface area (Å²) in [4.78, 5) is 19.5. The zero-order valence-electron chi connectivity index (χ0n) is 12.4. The fourth-order valence-corrected chi connectivity index (χ4v) is 2.20. The van der Waals surface area contributed by atoms with Gasteiger partial charge in [-0.25, -0.2) is 4.99 Å². The Balaban J connectivity index is 1.92. The standard InChI is InChI=1S/C13H21N7O/c1-3-19-4-5-20(8-13(19)21)11(15)7-10(14)16-12-6-9(2)17-18-12/h6,15H,3-5,7-8H2,1-2H3,(H3,14,16,17,18). The Kier molecular flexibility index (Phi) is 4.56. The maximum Gasteiger partial charge on any atom is 0.242 e. The van der Waals surface area contributed by atoms with Gasteiger partial charge in [0, 0.05) is 31.4 Å². The van der Waals surface area contributed by atoms with Crippen LogP contribution in [0.15, 0.2) is 11.1 Å². The van der Waals surface area contributed by atoms with Crippen LogP contribution in [0.5, 0.6) is 0 Å². The number of amides is 1. The molecule has 21 heavy (non-hydrogen) atoms. The molecule has 0 radical (unpaired) electrons. The SMILES string of the molecule is CCN1CCN(C(=N)CC(N)=Nc2cc(C)[nH]n2)CC1=O. The van der Waals surface area contributed by atoms with E-state index in [1.165, 1.54) is 0 Å². The largest absolute Gasteiger partial charge is 0.387 e. The lowest BCUT2D eigenvalue weighted by Gasteiger charge is -2.35. The molecule has 0 atom stereocenters. The molecule has 2 rings (SSSR count). The molecular formula is C13H21N7O. The van der Waals surface area contributed by atoms with Crippen LogP contribution < -0.4 is 5.73 Å². The minimum atomic E-state index is 0.0481. The van der Waals surface area contributed by atoms with Crippen molar-refractivity contribution in [3.63, 3.8) is 0 Å². The van der Waals surface area contributed by atoms with Crippen molar-refractivity contribution in [2.45, 2.75) is 20.3 Å². The highest BCUT2D eigenvalue weighted by Crippen LogP contribution is 2.10. The van der Waals surface area contributed by atoms with Gasteiger partial charge in [-0.1, -0.05) is 0 Å². The molecule has 0 bridgehead atoms. The van der Waals surface area contributed by atoms with Crippen molar-refractivity contribution in [3.05, 3.63) is 11.8 Å². The minimum absolute atomic E-state index is 0.0481. The quantitative estimate of drug-likeness (QED) is 0.544. The predicted molar refractivity (Wildman–Crippen MR) is 80.8 cm³/mol. The van der Waals surface area contributed by atoms with E-state index in [0.29, 0.717) is 37.1 Å². The highest BCUT2D eigenvalue weighted by molar-refractivity contribution is 6.02. The molecule has 1 aromatic rings. The van der Waals surface area contributed by atoms with Gasteiger partial charge in [-0.2, -0.15) is 5.10 Å². The number of rotatable bonds is 4. The van der Waals surface area contributed by atoms with Crippen LogP contribution in [0.1, 0.15) is 19.0 Å². The number of piperazine rings is 1. The number of amidine groups is 2. The number of aryl methyl sites for hydroxylation is 1. The van der Waals surface area contributed by atoms with Gasteiger partial charge in [-0.05, 0) is 13.8 Å². The van der Waals surface area contributed by atoms with Crippen LogP contribution in [0.3, 0.4) is 0 Å². The molecule has 1 fully saturated rings. The number of hydrogen-bond acceptors (Lipinski definition) is 4. The lowest BCUT2D eigenvalue weighted by Crippen LogP contribution is -2.52. The molecule has 1 saturated heterocycles. The molecule has 1 aliphatic rings. The van der Waals surface area contributed by atoms with Gasteiger partial charge >= 0.3 is 0 Å². The number of hydrogen-bond donors (Lipinski definition) is 3. The Morgan fingerprint density at radius 1 is 1.57 bits per heavy atom. The van der Waals surface area contributed by atoms with Crippen molar-refractivity contribution in [3.8, 4) is 0 Å². The van der Waals surface area contributed by atoms with E-state index in [-0.39, 0.29) is 18.9 Å². The van der Waals surface area contributed by atoms with Crippen LogP contribution in [0, 0.1) is 12.3 Å². The first-order valence-electron chi connectivity index (χ1n) is 6.94. The molecule has 4 N–H and O–H groups in total. The molecule has 2 heterocycles. The monoisotopic (exact) mass is 291 g/mol. The van der Waals surface area contributed by atoms with E-state index < -0.39 is 0 Å². The van der Waals surface area contributed by atoms with Crippen LogP contribution in [0.4, 0.5) is 5.82 Å². The summed E-state index contributed by atoms with van der Waals surface area (Å²) in [5, 5.41) is 14.8. The summed E-state index contributed by atoms with van der Waals surface area (Å²) in [6, 6.07) is 1.78. The van der Waals surface area contributed by atoms with Crippen molar-refractivity contribution in [2.24, 2.45) is 10.7 Å². The number of nitrogens with zero attached hydrogens (tertiary/aromatic N) is 4. The minimum Gasteiger partial charge on any atom is -0.387 e. The predicted octanol–water partition coefficient (Wildman–Crippen LogP) is 0.238. The zero-order valence-corrected chi connectivity index (χ0v) is 12.4. The Morgan fingerprint density at radius 2 is 2.33 bits per heavy atom. The number of aliphatic imine (C=N–C) groups is 1. The Hall–Kier alpha value is -2.38. The maximum atomic E-state index is 11.8. The van der Waals surface area contributed by atoms with E-state index in [1.54, 1.807) is 15.9 Å². The van der Waals surface area contributed by atoms with Crippen molar-refractivity contribution in [2.75, 3.05) is 26.2 Å². The third-order valence-electron chi connectivity index (χ3n) is 3.38. The van der Waals surface area contributed by atoms with Crippen molar-refractivity contribution in [1.82, 2.24) is 20.0 Å². The van der Waals surface area contributed by atoms with Gasteiger partial charge in [-0.3, -0.25) is 15.3 Å². The number of H-pyrrole nitrogens is 1. The van der Waals surface area contributed by atoms with Gasteiger partial charge in [0.05, 0.1) is 13.0 Å². The summed E-state index contributed by atoms with van der Waals surface area (Å²) < 4.78 is 0. The van der Waals surface area contributed by atoms with Crippen LogP contribution >= 0.6 is 0 Å². The van der Waals surface area contributed by atoms with Gasteiger partial charge in [-0.15, -0.1) is 0 Å². The summed E-state index contributed by atoms with van der Waals surface area (Å²) in [6.45, 7) is 6.09. The van der Waals surface area contributed by atoms with E-state index in [2.05, 4.69) is 15.2 Å². The van der Waals surface area contributed by atoms with Crippen molar-refractivity contribution in [1.29, 1.82) is 5.41 Å². The molecule has 0 unspecified atom stereocenters. The van der Waals surface area contributed by atoms with E-state index in [4.69, 9.17) is 11.1 Å². The number of aromatic nitrogens is 2. The van der Waals surface area contributed by atoms with Gasteiger partial charge in [0.2, 0.25) is 5.91 Å². The second-order valence-electron chi connectivity index (χ2n) is 5.03. The van der Waals surface area contributed by atoms with Gasteiger partial charge in [0.1, 0.15) is 11.7 Å². The summed E-state index contributed by atoms with van der Waals surface area (Å²) in [5.74, 6) is 1.18. The Morgan fingerprint density at radius 3 is 2.90 bits per heavy atom. The van der Waals surface area contributed by atoms with Gasteiger partial charge < -0.3 is 15.5 Å². The number of nitrogens with two attached hydrogens (primary N) is 1. The second-order valence-corrected chi connectivity index (χ2v) is 5.03. The van der Waals surface area contributed by atoms with E-state index in [1.807, 2.05) is 13.8 Å². The maximum absolute atomic E-state index is 11.8. The fraction of sp³-hybridized carbons (Fsp3) is 0.538. The molecule has 8 heteroatoms. The van der Waals surface area contributed by atoms with Crippen LogP contribution in [-0.4, -0.2) is 63.8 Å². The number of likely N-dealkylation sites (N-methyl/N-ethyl adjacent to an activating group) is 1. The lowest BCUT2D eigenvalue weighted by molar-refractivity contribution is -0.134. The molecule has 0 spiro atoms. The number of carbonyl (C=O) groups excluding carboxylic acids is 1. The first kappa shape index (κ1) is 15.0. The van der Waals surface area contributed by atoms with E-state index >= 15 is 0 Å².